The predicted octanol–water partition coefficient (Wildman–Crippen LogP) is 3.45. The fourth-order valence-corrected chi connectivity index (χ4v) is 3.52. The van der Waals surface area contributed by atoms with Crippen LogP contribution in [-0.2, 0) is 16.0 Å². The number of hydrogen-bond acceptors (Lipinski definition) is 4. The Hall–Kier alpha value is -2.08. The van der Waals surface area contributed by atoms with Crippen LogP contribution < -0.4 is 16.4 Å². The van der Waals surface area contributed by atoms with Gasteiger partial charge in [0, 0.05) is 12.0 Å². The van der Waals surface area contributed by atoms with Crippen LogP contribution in [0.2, 0.25) is 0 Å². The molecule has 6 nitrogen and oxygen atoms in total. The maximum Gasteiger partial charge on any atom is 0.408 e. The number of carbonyl (C=O) groups is 2. The molecule has 1 aliphatic rings. The van der Waals surface area contributed by atoms with Crippen LogP contribution in [0.5, 0.6) is 0 Å². The summed E-state index contributed by atoms with van der Waals surface area (Å²) < 4.78 is 5.44. The van der Waals surface area contributed by atoms with Crippen LogP contribution >= 0.6 is 0 Å². The zero-order valence-corrected chi connectivity index (χ0v) is 17.6. The minimum Gasteiger partial charge on any atom is -0.444 e. The van der Waals surface area contributed by atoms with Crippen LogP contribution in [-0.4, -0.2) is 30.2 Å². The molecule has 3 atom stereocenters. The third-order valence-electron chi connectivity index (χ3n) is 4.97. The van der Waals surface area contributed by atoms with Crippen LogP contribution in [0.25, 0.3) is 0 Å². The van der Waals surface area contributed by atoms with E-state index in [4.69, 9.17) is 10.5 Å². The number of carbonyl (C=O) groups excluding carboxylic acids is 2. The van der Waals surface area contributed by atoms with E-state index in [1.807, 2.05) is 39.8 Å². The van der Waals surface area contributed by atoms with Crippen molar-refractivity contribution in [3.63, 3.8) is 0 Å². The van der Waals surface area contributed by atoms with Crippen molar-refractivity contribution in [2.45, 2.75) is 77.5 Å². The molecule has 1 aliphatic heterocycles. The van der Waals surface area contributed by atoms with E-state index in [0.29, 0.717) is 6.54 Å². The van der Waals surface area contributed by atoms with Crippen molar-refractivity contribution in [1.29, 1.82) is 0 Å². The molecule has 1 unspecified atom stereocenters. The molecule has 0 aliphatic carbocycles. The van der Waals surface area contributed by atoms with Crippen molar-refractivity contribution in [2.75, 3.05) is 6.54 Å². The van der Waals surface area contributed by atoms with E-state index in [2.05, 4.69) is 22.8 Å². The fourth-order valence-electron chi connectivity index (χ4n) is 3.52. The summed E-state index contributed by atoms with van der Waals surface area (Å²) >= 11 is 0. The molecule has 0 aromatic heterocycles. The van der Waals surface area contributed by atoms with Gasteiger partial charge in [-0.1, -0.05) is 37.6 Å². The first kappa shape index (κ1) is 22.2. The van der Waals surface area contributed by atoms with Crippen LogP contribution in [0.15, 0.2) is 24.3 Å². The SMILES string of the molecule is C[C@@H]1CCC[C@H](NC(=O)OC(C)(C)C)c2cccc(c2)CC(CCN)NC1=O. The molecule has 0 fully saturated rings. The van der Waals surface area contributed by atoms with Gasteiger partial charge in [0.2, 0.25) is 5.91 Å². The molecule has 4 N–H and O–H groups in total. The number of benzene rings is 1. The van der Waals surface area contributed by atoms with Gasteiger partial charge in [0.1, 0.15) is 5.60 Å². The quantitative estimate of drug-likeness (QED) is 0.738. The van der Waals surface area contributed by atoms with Crippen molar-refractivity contribution >= 4 is 12.0 Å². The van der Waals surface area contributed by atoms with E-state index in [1.54, 1.807) is 0 Å². The molecule has 0 spiro atoms. The predicted molar refractivity (Wildman–Crippen MR) is 111 cm³/mol. The Balaban J connectivity index is 2.25. The van der Waals surface area contributed by atoms with Gasteiger partial charge in [-0.2, -0.15) is 0 Å². The topological polar surface area (TPSA) is 93.4 Å². The first-order chi connectivity index (χ1) is 13.2. The second-order valence-electron chi connectivity index (χ2n) is 8.76. The first-order valence-corrected chi connectivity index (χ1v) is 10.3. The third-order valence-corrected chi connectivity index (χ3v) is 4.97. The largest absolute Gasteiger partial charge is 0.444 e. The van der Waals surface area contributed by atoms with E-state index in [1.165, 1.54) is 0 Å². The highest BCUT2D eigenvalue weighted by Gasteiger charge is 2.23. The molecular formula is C22H35N3O3. The zero-order valence-electron chi connectivity index (χ0n) is 17.6. The standard InChI is InChI=1S/C22H35N3O3/c1-15-7-5-10-19(25-21(27)28-22(2,3)4)17-9-6-8-16(13-17)14-18(11-12-23)24-20(15)26/h6,8-9,13,15,18-19H,5,7,10-12,14,23H2,1-4H3,(H,24,26)(H,25,27)/t15-,18?,19+/m1/s1. The van der Waals surface area contributed by atoms with Gasteiger partial charge in [0.25, 0.3) is 0 Å². The number of alkyl carbamates (subject to hydrolysis) is 1. The molecule has 156 valence electrons. The van der Waals surface area contributed by atoms with Gasteiger partial charge in [0.05, 0.1) is 6.04 Å². The van der Waals surface area contributed by atoms with Crippen LogP contribution in [0.4, 0.5) is 4.79 Å². The monoisotopic (exact) mass is 389 g/mol. The lowest BCUT2D eigenvalue weighted by Crippen LogP contribution is -2.41. The zero-order chi connectivity index (χ0) is 20.7. The Morgan fingerprint density at radius 2 is 2.07 bits per heavy atom. The maximum atomic E-state index is 12.5. The lowest BCUT2D eigenvalue weighted by molar-refractivity contribution is -0.125. The minimum absolute atomic E-state index is 0.0203. The Morgan fingerprint density at radius 3 is 2.75 bits per heavy atom. The fraction of sp³-hybridized carbons (Fsp3) is 0.636. The molecular weight excluding hydrogens is 354 g/mol. The minimum atomic E-state index is -0.542. The Bertz CT molecular complexity index is 669. The number of rotatable bonds is 3. The summed E-state index contributed by atoms with van der Waals surface area (Å²) in [7, 11) is 0. The van der Waals surface area contributed by atoms with Crippen molar-refractivity contribution in [1.82, 2.24) is 10.6 Å². The summed E-state index contributed by atoms with van der Waals surface area (Å²) in [6.07, 6.45) is 3.41. The van der Waals surface area contributed by atoms with Crippen molar-refractivity contribution < 1.29 is 14.3 Å². The molecule has 2 rings (SSSR count). The van der Waals surface area contributed by atoms with Crippen molar-refractivity contribution in [2.24, 2.45) is 11.7 Å². The number of hydrogen-bond donors (Lipinski definition) is 3. The highest BCUT2D eigenvalue weighted by atomic mass is 16.6. The van der Waals surface area contributed by atoms with E-state index >= 15 is 0 Å². The van der Waals surface area contributed by atoms with Crippen molar-refractivity contribution in [3.05, 3.63) is 35.4 Å². The lowest BCUT2D eigenvalue weighted by Gasteiger charge is -2.26. The van der Waals surface area contributed by atoms with E-state index < -0.39 is 11.7 Å². The maximum absolute atomic E-state index is 12.5. The van der Waals surface area contributed by atoms with Gasteiger partial charge in [-0.25, -0.2) is 4.79 Å². The molecule has 1 aromatic rings. The highest BCUT2D eigenvalue weighted by molar-refractivity contribution is 5.78. The second-order valence-corrected chi connectivity index (χ2v) is 8.76. The summed E-state index contributed by atoms with van der Waals surface area (Å²) in [6, 6.07) is 8.09. The summed E-state index contributed by atoms with van der Waals surface area (Å²) in [4.78, 5) is 24.9. The van der Waals surface area contributed by atoms with E-state index in [9.17, 15) is 9.59 Å². The van der Waals surface area contributed by atoms with Crippen molar-refractivity contribution in [3.8, 4) is 0 Å². The average molecular weight is 390 g/mol. The lowest BCUT2D eigenvalue weighted by atomic mass is 9.92. The Labute approximate surface area is 168 Å². The third kappa shape index (κ3) is 7.15. The number of nitrogens with one attached hydrogen (secondary N) is 2. The Kier molecular flexibility index (Phi) is 7.87. The molecule has 0 radical (unpaired) electrons. The van der Waals surface area contributed by atoms with Gasteiger partial charge in [-0.15, -0.1) is 0 Å². The molecule has 0 saturated heterocycles. The van der Waals surface area contributed by atoms with Gasteiger partial charge in [-0.3, -0.25) is 4.79 Å². The van der Waals surface area contributed by atoms with Crippen LogP contribution in [0.1, 0.15) is 70.5 Å². The van der Waals surface area contributed by atoms with Crippen LogP contribution in [0, 0.1) is 5.92 Å². The van der Waals surface area contributed by atoms with E-state index in [0.717, 1.165) is 43.2 Å². The van der Waals surface area contributed by atoms with Gasteiger partial charge in [0.15, 0.2) is 0 Å². The van der Waals surface area contributed by atoms with Gasteiger partial charge in [-0.05, 0) is 64.1 Å². The molecule has 1 heterocycles. The summed E-state index contributed by atoms with van der Waals surface area (Å²) in [5, 5.41) is 6.17. The molecule has 6 heteroatoms. The molecule has 2 bridgehead atoms. The number of nitrogens with two attached hydrogens (primary N) is 1. The molecule has 2 amide bonds. The van der Waals surface area contributed by atoms with E-state index in [-0.39, 0.29) is 23.9 Å². The molecule has 28 heavy (non-hydrogen) atoms. The summed E-state index contributed by atoms with van der Waals surface area (Å²) in [5.74, 6) is 0.00653. The normalized spacial score (nSPS) is 23.8. The first-order valence-electron chi connectivity index (χ1n) is 10.3. The molecule has 0 saturated carbocycles. The average Bonchev–Trinajstić information content (AvgIpc) is 2.58. The Morgan fingerprint density at radius 1 is 1.32 bits per heavy atom. The van der Waals surface area contributed by atoms with Crippen LogP contribution in [0.3, 0.4) is 0 Å². The van der Waals surface area contributed by atoms with Gasteiger partial charge < -0.3 is 21.1 Å². The second kappa shape index (κ2) is 9.92. The highest BCUT2D eigenvalue weighted by Crippen LogP contribution is 2.24. The smallest absolute Gasteiger partial charge is 0.408 e. The molecule has 1 aromatic carbocycles. The summed E-state index contributed by atoms with van der Waals surface area (Å²) in [5.41, 5.74) is 7.40. The summed E-state index contributed by atoms with van der Waals surface area (Å²) in [6.45, 7) is 8.04. The number of fused-ring (bicyclic) bond motifs is 2. The van der Waals surface area contributed by atoms with Gasteiger partial charge >= 0.3 is 6.09 Å². The number of amides is 2. The number of ether oxygens (including phenoxy) is 1.